The minimum absolute atomic E-state index is 0.168. The van der Waals surface area contributed by atoms with Crippen molar-refractivity contribution in [3.05, 3.63) is 12.1 Å². The topological polar surface area (TPSA) is 111 Å². The zero-order valence-electron chi connectivity index (χ0n) is 20.8. The lowest BCUT2D eigenvalue weighted by molar-refractivity contribution is -0.119. The summed E-state index contributed by atoms with van der Waals surface area (Å²) in [6.07, 6.45) is 7.52. The van der Waals surface area contributed by atoms with Crippen molar-refractivity contribution in [3.8, 4) is 34.7 Å². The second-order valence-electron chi connectivity index (χ2n) is 9.31. The number of nitrogens with one attached hydrogen (secondary N) is 1. The molecule has 1 heterocycles. The minimum atomic E-state index is -0.809. The molecule has 0 spiro atoms. The number of carbonyl (C=O) groups is 1. The molecule has 1 aromatic heterocycles. The largest absolute Gasteiger partial charge is 0.493 e. The van der Waals surface area contributed by atoms with Crippen molar-refractivity contribution < 1.29 is 19.0 Å². The van der Waals surface area contributed by atoms with Gasteiger partial charge in [0.15, 0.2) is 22.5 Å². The predicted octanol–water partition coefficient (Wildman–Crippen LogP) is 4.38. The molecular weight excluding hydrogens is 466 g/mol. The van der Waals surface area contributed by atoms with Crippen LogP contribution in [0.1, 0.15) is 57.9 Å². The number of thioether (sulfide) groups is 1. The Morgan fingerprint density at radius 2 is 1.77 bits per heavy atom. The van der Waals surface area contributed by atoms with Crippen molar-refractivity contribution in [1.29, 1.82) is 5.26 Å². The molecule has 1 N–H and O–H groups in total. The maximum Gasteiger partial charge on any atom is 0.231 e. The number of nitriles is 1. The third-order valence-electron chi connectivity index (χ3n) is 6.88. The van der Waals surface area contributed by atoms with Crippen LogP contribution in [0.2, 0.25) is 0 Å². The van der Waals surface area contributed by atoms with Crippen LogP contribution in [0.4, 0.5) is 0 Å². The van der Waals surface area contributed by atoms with Crippen LogP contribution in [0.3, 0.4) is 0 Å². The summed E-state index contributed by atoms with van der Waals surface area (Å²) in [6.45, 7) is 1.81. The fourth-order valence-electron chi connectivity index (χ4n) is 4.79. The lowest BCUT2D eigenvalue weighted by atomic mass is 9.95. The molecule has 1 aromatic carbocycles. The highest BCUT2D eigenvalue weighted by Gasteiger charge is 2.43. The molecule has 2 aromatic rings. The van der Waals surface area contributed by atoms with E-state index >= 15 is 0 Å². The highest BCUT2D eigenvalue weighted by atomic mass is 32.2. The Hall–Kier alpha value is -2.93. The molecule has 0 bridgehead atoms. The first-order valence-corrected chi connectivity index (χ1v) is 13.0. The molecule has 0 radical (unpaired) electrons. The molecule has 0 aliphatic heterocycles. The van der Waals surface area contributed by atoms with Gasteiger partial charge in [-0.15, -0.1) is 10.2 Å². The number of hydrogen-bond acceptors (Lipinski definition) is 8. The van der Waals surface area contributed by atoms with Crippen LogP contribution in [0.5, 0.6) is 17.2 Å². The van der Waals surface area contributed by atoms with Gasteiger partial charge in [-0.25, -0.2) is 0 Å². The highest BCUT2D eigenvalue weighted by molar-refractivity contribution is 7.99. The molecule has 188 valence electrons. The van der Waals surface area contributed by atoms with E-state index in [2.05, 4.69) is 26.2 Å². The van der Waals surface area contributed by atoms with Gasteiger partial charge in [-0.3, -0.25) is 9.36 Å². The Balaban J connectivity index is 1.63. The van der Waals surface area contributed by atoms with E-state index in [9.17, 15) is 10.1 Å². The van der Waals surface area contributed by atoms with E-state index in [-0.39, 0.29) is 23.6 Å². The van der Waals surface area contributed by atoms with Gasteiger partial charge < -0.3 is 19.5 Å². The van der Waals surface area contributed by atoms with Crippen LogP contribution in [-0.4, -0.2) is 53.3 Å². The first-order chi connectivity index (χ1) is 16.9. The number of rotatable bonds is 10. The Kier molecular flexibility index (Phi) is 7.75. The molecule has 1 amide bonds. The number of carbonyl (C=O) groups excluding carboxylic acids is 1. The van der Waals surface area contributed by atoms with Gasteiger partial charge in [0, 0.05) is 11.6 Å². The van der Waals surface area contributed by atoms with Crippen LogP contribution < -0.4 is 19.5 Å². The summed E-state index contributed by atoms with van der Waals surface area (Å²) in [4.78, 5) is 12.7. The van der Waals surface area contributed by atoms with Crippen molar-refractivity contribution in [2.24, 2.45) is 5.92 Å². The zero-order chi connectivity index (χ0) is 25.0. The monoisotopic (exact) mass is 499 g/mol. The number of amides is 1. The van der Waals surface area contributed by atoms with E-state index in [1.165, 1.54) is 18.2 Å². The Bertz CT molecular complexity index is 1080. The van der Waals surface area contributed by atoms with Crippen LogP contribution >= 0.6 is 11.8 Å². The van der Waals surface area contributed by atoms with Gasteiger partial charge in [0.25, 0.3) is 0 Å². The SMILES string of the molecule is COc1cc(-c2nnc(SCC(=O)NC(C)(C#N)C3CC3)n2C2CCCCC2)cc(OC)c1OC. The second kappa shape index (κ2) is 10.8. The van der Waals surface area contributed by atoms with E-state index in [4.69, 9.17) is 14.2 Å². The standard InChI is InChI=1S/C25H33N5O4S/c1-25(15-26,17-10-11-17)27-21(31)14-35-24-29-28-23(30(24)18-8-6-5-7-9-18)16-12-19(32-2)22(34-4)20(13-16)33-3/h12-13,17-18H,5-11,14H2,1-4H3,(H,27,31). The molecule has 35 heavy (non-hydrogen) atoms. The molecule has 10 heteroatoms. The fraction of sp³-hybridized carbons (Fsp3) is 0.600. The summed E-state index contributed by atoms with van der Waals surface area (Å²) < 4.78 is 18.7. The van der Waals surface area contributed by atoms with Crippen molar-refractivity contribution in [2.75, 3.05) is 27.1 Å². The number of aromatic nitrogens is 3. The Morgan fingerprint density at radius 1 is 1.11 bits per heavy atom. The summed E-state index contributed by atoms with van der Waals surface area (Å²) in [5.41, 5.74) is -0.00423. The second-order valence-corrected chi connectivity index (χ2v) is 10.2. The average Bonchev–Trinajstić information content (AvgIpc) is 3.67. The molecule has 1 unspecified atom stereocenters. The normalized spacial score (nSPS) is 17.8. The summed E-state index contributed by atoms with van der Waals surface area (Å²) in [5.74, 6) is 2.56. The van der Waals surface area contributed by atoms with Gasteiger partial charge in [-0.1, -0.05) is 31.0 Å². The molecule has 2 aliphatic rings. The first-order valence-electron chi connectivity index (χ1n) is 12.0. The molecule has 1 atom stereocenters. The summed E-state index contributed by atoms with van der Waals surface area (Å²) >= 11 is 1.36. The first kappa shape index (κ1) is 25.2. The van der Waals surface area contributed by atoms with Gasteiger partial charge in [-0.05, 0) is 50.7 Å². The molecule has 0 saturated heterocycles. The minimum Gasteiger partial charge on any atom is -0.493 e. The van der Waals surface area contributed by atoms with Crippen molar-refractivity contribution in [3.63, 3.8) is 0 Å². The van der Waals surface area contributed by atoms with Gasteiger partial charge in [0.1, 0.15) is 5.54 Å². The van der Waals surface area contributed by atoms with Gasteiger partial charge in [0.05, 0.1) is 33.2 Å². The maximum absolute atomic E-state index is 12.7. The number of ether oxygens (including phenoxy) is 3. The lowest BCUT2D eigenvalue weighted by Crippen LogP contribution is -2.47. The van der Waals surface area contributed by atoms with Crippen molar-refractivity contribution in [1.82, 2.24) is 20.1 Å². The lowest BCUT2D eigenvalue weighted by Gasteiger charge is -2.26. The summed E-state index contributed by atoms with van der Waals surface area (Å²) in [7, 11) is 4.75. The third kappa shape index (κ3) is 5.35. The van der Waals surface area contributed by atoms with E-state index in [1.54, 1.807) is 28.3 Å². The van der Waals surface area contributed by atoms with Gasteiger partial charge >= 0.3 is 0 Å². The molecule has 2 fully saturated rings. The summed E-state index contributed by atoms with van der Waals surface area (Å²) in [6, 6.07) is 6.28. The zero-order valence-corrected chi connectivity index (χ0v) is 21.6. The van der Waals surface area contributed by atoms with Crippen LogP contribution in [0, 0.1) is 17.2 Å². The van der Waals surface area contributed by atoms with E-state index in [0.717, 1.165) is 44.1 Å². The van der Waals surface area contributed by atoms with Gasteiger partial charge in [-0.2, -0.15) is 5.26 Å². The number of benzene rings is 1. The van der Waals surface area contributed by atoms with Crippen molar-refractivity contribution in [2.45, 2.75) is 68.6 Å². The molecule has 2 saturated carbocycles. The number of hydrogen-bond donors (Lipinski definition) is 1. The molecule has 9 nitrogen and oxygen atoms in total. The van der Waals surface area contributed by atoms with Crippen LogP contribution in [-0.2, 0) is 4.79 Å². The quantitative estimate of drug-likeness (QED) is 0.480. The van der Waals surface area contributed by atoms with E-state index in [1.807, 2.05) is 12.1 Å². The third-order valence-corrected chi connectivity index (χ3v) is 7.83. The average molecular weight is 500 g/mol. The van der Waals surface area contributed by atoms with Gasteiger partial charge in [0.2, 0.25) is 11.7 Å². The number of nitrogens with zero attached hydrogens (tertiary/aromatic N) is 4. The van der Waals surface area contributed by atoms with E-state index < -0.39 is 5.54 Å². The molecule has 4 rings (SSSR count). The Labute approximate surface area is 210 Å². The van der Waals surface area contributed by atoms with E-state index in [0.29, 0.717) is 28.2 Å². The molecular formula is C25H33N5O4S. The number of methoxy groups -OCH3 is 3. The smallest absolute Gasteiger partial charge is 0.231 e. The predicted molar refractivity (Wildman–Crippen MR) is 133 cm³/mol. The molecule has 2 aliphatic carbocycles. The van der Waals surface area contributed by atoms with Crippen LogP contribution in [0.25, 0.3) is 11.4 Å². The fourth-order valence-corrected chi connectivity index (χ4v) is 5.59. The van der Waals surface area contributed by atoms with Crippen molar-refractivity contribution >= 4 is 17.7 Å². The summed E-state index contributed by atoms with van der Waals surface area (Å²) in [5, 5.41) is 22.2. The van der Waals surface area contributed by atoms with Crippen LogP contribution in [0.15, 0.2) is 17.3 Å². The highest BCUT2D eigenvalue weighted by Crippen LogP contribution is 2.43. The Morgan fingerprint density at radius 3 is 2.31 bits per heavy atom. The maximum atomic E-state index is 12.7.